The summed E-state index contributed by atoms with van der Waals surface area (Å²) in [6.07, 6.45) is 3.18. The van der Waals surface area contributed by atoms with E-state index in [4.69, 9.17) is 5.73 Å². The fourth-order valence-corrected chi connectivity index (χ4v) is 0.174. The summed E-state index contributed by atoms with van der Waals surface area (Å²) in [5.41, 5.74) is 5.12. The van der Waals surface area contributed by atoms with E-state index in [0.29, 0.717) is 5.84 Å². The summed E-state index contributed by atoms with van der Waals surface area (Å²) in [7, 11) is 0. The zero-order valence-electron chi connectivity index (χ0n) is 5.09. The molecule has 0 aliphatic rings. The van der Waals surface area contributed by atoms with Gasteiger partial charge < -0.3 is 10.6 Å². The molecule has 0 saturated carbocycles. The van der Waals surface area contributed by atoms with Crippen molar-refractivity contribution < 1.29 is 4.84 Å². The van der Waals surface area contributed by atoms with Gasteiger partial charge >= 0.3 is 0 Å². The number of nitrogens with zero attached hydrogens (tertiary/aromatic N) is 1. The van der Waals surface area contributed by atoms with Crippen molar-refractivity contribution in [2.24, 2.45) is 10.9 Å². The van der Waals surface area contributed by atoms with Crippen LogP contribution in [0.25, 0.3) is 0 Å². The van der Waals surface area contributed by atoms with Gasteiger partial charge in [0.1, 0.15) is 12.1 Å². The Morgan fingerprint density at radius 2 is 2.38 bits per heavy atom. The van der Waals surface area contributed by atoms with Crippen molar-refractivity contribution in [3.8, 4) is 0 Å². The van der Waals surface area contributed by atoms with Gasteiger partial charge in [0.2, 0.25) is 0 Å². The lowest BCUT2D eigenvalue weighted by atomic mass is 10.7. The zero-order chi connectivity index (χ0) is 6.41. The number of amidine groups is 1. The van der Waals surface area contributed by atoms with Crippen LogP contribution in [0.4, 0.5) is 0 Å². The van der Waals surface area contributed by atoms with Crippen molar-refractivity contribution in [3.63, 3.8) is 0 Å². The summed E-state index contributed by atoms with van der Waals surface area (Å²) in [5.74, 6) is 0.420. The molecule has 0 aliphatic carbocycles. The molecule has 8 heavy (non-hydrogen) atoms. The number of rotatable bonds is 2. The summed E-state index contributed by atoms with van der Waals surface area (Å²) in [5, 5.41) is 3.42. The highest BCUT2D eigenvalue weighted by molar-refractivity contribution is 5.76. The molecule has 0 fully saturated rings. The molecular weight excluding hydrogens is 104 g/mol. The number of nitrogens with two attached hydrogens (primary N) is 1. The summed E-state index contributed by atoms with van der Waals surface area (Å²) in [4.78, 5) is 4.53. The third-order valence-electron chi connectivity index (χ3n) is 0.394. The largest absolute Gasteiger partial charge is 0.385 e. The van der Waals surface area contributed by atoms with Crippen LogP contribution in [0, 0.1) is 0 Å². The zero-order valence-corrected chi connectivity index (χ0v) is 5.09. The predicted octanol–water partition coefficient (Wildman–Crippen LogP) is 0.829. The molecule has 0 aromatic rings. The maximum atomic E-state index is 5.12. The van der Waals surface area contributed by atoms with E-state index < -0.39 is 0 Å². The van der Waals surface area contributed by atoms with E-state index in [1.54, 1.807) is 13.0 Å². The molecule has 3 nitrogen and oxygen atoms in total. The van der Waals surface area contributed by atoms with Gasteiger partial charge in [0.05, 0.1) is 0 Å². The van der Waals surface area contributed by atoms with Gasteiger partial charge in [-0.2, -0.15) is 0 Å². The van der Waals surface area contributed by atoms with E-state index in [1.165, 1.54) is 6.26 Å². The van der Waals surface area contributed by atoms with Gasteiger partial charge in [-0.1, -0.05) is 5.16 Å². The minimum atomic E-state index is 0.420. The molecule has 2 N–H and O–H groups in total. The SMILES string of the molecule is C/C=C/O/N=C(/C)N. The standard InChI is InChI=1S/C5H10N2O/c1-3-4-8-7-5(2)6/h3-4H,1-2H3,(H2,6,7)/b4-3+. The van der Waals surface area contributed by atoms with Crippen molar-refractivity contribution in [2.75, 3.05) is 0 Å². The van der Waals surface area contributed by atoms with E-state index in [2.05, 4.69) is 9.99 Å². The molecular formula is C5H10N2O. The number of oxime groups is 1. The molecule has 0 unspecified atom stereocenters. The molecule has 0 spiro atoms. The maximum Gasteiger partial charge on any atom is 0.136 e. The number of hydrogen-bond acceptors (Lipinski definition) is 2. The number of allylic oxidation sites excluding steroid dienone is 1. The Labute approximate surface area is 48.8 Å². The topological polar surface area (TPSA) is 47.6 Å². The highest BCUT2D eigenvalue weighted by Crippen LogP contribution is 1.76. The maximum absolute atomic E-state index is 5.12. The van der Waals surface area contributed by atoms with Crippen LogP contribution in [-0.4, -0.2) is 5.84 Å². The van der Waals surface area contributed by atoms with Gasteiger partial charge in [0, 0.05) is 0 Å². The van der Waals surface area contributed by atoms with Crippen LogP contribution in [0.15, 0.2) is 17.5 Å². The van der Waals surface area contributed by atoms with Gasteiger partial charge in [-0.15, -0.1) is 0 Å². The lowest BCUT2D eigenvalue weighted by molar-refractivity contribution is 0.267. The van der Waals surface area contributed by atoms with Crippen LogP contribution in [0.1, 0.15) is 13.8 Å². The van der Waals surface area contributed by atoms with E-state index in [9.17, 15) is 0 Å². The van der Waals surface area contributed by atoms with Gasteiger partial charge in [0.15, 0.2) is 0 Å². The second kappa shape index (κ2) is 4.18. The monoisotopic (exact) mass is 114 g/mol. The molecule has 0 aromatic heterocycles. The Hall–Kier alpha value is -0.990. The molecule has 0 aromatic carbocycles. The molecule has 0 rings (SSSR count). The summed E-state index contributed by atoms with van der Waals surface area (Å²) in [6.45, 7) is 3.49. The Morgan fingerprint density at radius 1 is 1.75 bits per heavy atom. The average Bonchev–Trinajstić information content (AvgIpc) is 1.66. The van der Waals surface area contributed by atoms with Crippen LogP contribution in [0.3, 0.4) is 0 Å². The Balaban J connectivity index is 3.30. The third kappa shape index (κ3) is 5.01. The first-order valence-electron chi connectivity index (χ1n) is 2.34. The molecule has 0 bridgehead atoms. The molecule has 0 aliphatic heterocycles. The van der Waals surface area contributed by atoms with Crippen LogP contribution in [0.5, 0.6) is 0 Å². The molecule has 0 saturated heterocycles. The minimum Gasteiger partial charge on any atom is -0.385 e. The molecule has 0 heterocycles. The van der Waals surface area contributed by atoms with E-state index in [1.807, 2.05) is 6.92 Å². The van der Waals surface area contributed by atoms with Gasteiger partial charge in [-0.3, -0.25) is 0 Å². The van der Waals surface area contributed by atoms with E-state index in [0.717, 1.165) is 0 Å². The summed E-state index contributed by atoms with van der Waals surface area (Å²) < 4.78 is 0. The summed E-state index contributed by atoms with van der Waals surface area (Å²) >= 11 is 0. The first-order valence-corrected chi connectivity index (χ1v) is 2.34. The van der Waals surface area contributed by atoms with Crippen LogP contribution < -0.4 is 5.73 Å². The quantitative estimate of drug-likeness (QED) is 0.250. The van der Waals surface area contributed by atoms with E-state index in [-0.39, 0.29) is 0 Å². The molecule has 0 amide bonds. The van der Waals surface area contributed by atoms with Crippen LogP contribution >= 0.6 is 0 Å². The summed E-state index contributed by atoms with van der Waals surface area (Å²) in [6, 6.07) is 0. The van der Waals surface area contributed by atoms with Gasteiger partial charge in [-0.25, -0.2) is 0 Å². The first kappa shape index (κ1) is 7.01. The van der Waals surface area contributed by atoms with Gasteiger partial charge in [0.25, 0.3) is 0 Å². The predicted molar refractivity (Wildman–Crippen MR) is 33.2 cm³/mol. The highest BCUT2D eigenvalue weighted by atomic mass is 16.6. The van der Waals surface area contributed by atoms with Gasteiger partial charge in [-0.05, 0) is 19.9 Å². The molecule has 3 heteroatoms. The third-order valence-corrected chi connectivity index (χ3v) is 0.394. The van der Waals surface area contributed by atoms with Crippen molar-refractivity contribution in [1.29, 1.82) is 0 Å². The number of hydrogen-bond donors (Lipinski definition) is 1. The fraction of sp³-hybridized carbons (Fsp3) is 0.400. The molecule has 0 radical (unpaired) electrons. The van der Waals surface area contributed by atoms with Crippen molar-refractivity contribution in [1.82, 2.24) is 0 Å². The second-order valence-corrected chi connectivity index (χ2v) is 1.31. The van der Waals surface area contributed by atoms with Crippen LogP contribution in [-0.2, 0) is 4.84 Å². The Morgan fingerprint density at radius 3 is 2.75 bits per heavy atom. The molecule has 0 atom stereocenters. The Bertz CT molecular complexity index is 103. The van der Waals surface area contributed by atoms with Crippen molar-refractivity contribution >= 4 is 5.84 Å². The Kier molecular flexibility index (Phi) is 3.66. The smallest absolute Gasteiger partial charge is 0.136 e. The van der Waals surface area contributed by atoms with Crippen molar-refractivity contribution in [2.45, 2.75) is 13.8 Å². The van der Waals surface area contributed by atoms with Crippen LogP contribution in [0.2, 0.25) is 0 Å². The minimum absolute atomic E-state index is 0.420. The molecule has 46 valence electrons. The highest BCUT2D eigenvalue weighted by Gasteiger charge is 1.72. The normalized spacial score (nSPS) is 12.5. The van der Waals surface area contributed by atoms with Crippen molar-refractivity contribution in [3.05, 3.63) is 12.3 Å². The van der Waals surface area contributed by atoms with E-state index >= 15 is 0 Å². The average molecular weight is 114 g/mol. The fourth-order valence-electron chi connectivity index (χ4n) is 0.174. The lowest BCUT2D eigenvalue weighted by Gasteiger charge is -1.86. The first-order chi connectivity index (χ1) is 3.77. The lowest BCUT2D eigenvalue weighted by Crippen LogP contribution is -2.04. The second-order valence-electron chi connectivity index (χ2n) is 1.31.